The van der Waals surface area contributed by atoms with E-state index in [1.165, 1.54) is 0 Å². The molecule has 1 aromatic carbocycles. The van der Waals surface area contributed by atoms with Crippen LogP contribution in [0, 0.1) is 0 Å². The number of nitrogens with zero attached hydrogens (tertiary/aromatic N) is 2. The second kappa shape index (κ2) is 4.87. The van der Waals surface area contributed by atoms with Crippen LogP contribution in [0.2, 0.25) is 5.02 Å². The highest BCUT2D eigenvalue weighted by atomic mass is 35.5. The number of amides is 1. The minimum absolute atomic E-state index is 0.0698. The monoisotopic (exact) mass is 276 g/mol. The van der Waals surface area contributed by atoms with Crippen LogP contribution in [0.1, 0.15) is 10.5 Å². The number of benzene rings is 1. The molecule has 1 N–H and O–H groups in total. The van der Waals surface area contributed by atoms with Crippen molar-refractivity contribution in [3.63, 3.8) is 0 Å². The first kappa shape index (κ1) is 12.5. The Balaban J connectivity index is 1.85. The van der Waals surface area contributed by atoms with Crippen LogP contribution in [-0.2, 0) is 0 Å². The summed E-state index contributed by atoms with van der Waals surface area (Å²) in [4.78, 5) is 19.7. The summed E-state index contributed by atoms with van der Waals surface area (Å²) < 4.78 is 0. The number of H-pyrrole nitrogens is 1. The molecule has 100 valence electrons. The Hall–Kier alpha value is -1.52. The number of halogens is 1. The van der Waals surface area contributed by atoms with Crippen molar-refractivity contribution in [2.75, 3.05) is 33.2 Å². The number of fused-ring (bicyclic) bond motifs is 1. The number of carbonyl (C=O) groups is 1. The molecule has 0 spiro atoms. The van der Waals surface area contributed by atoms with Crippen LogP contribution in [0.3, 0.4) is 0 Å². The van der Waals surface area contributed by atoms with Crippen LogP contribution in [0.5, 0.6) is 0 Å². The number of piperazine rings is 1. The molecule has 0 aliphatic carbocycles. The molecule has 0 radical (unpaired) electrons. The minimum atomic E-state index is 0.0698. The zero-order valence-electron chi connectivity index (χ0n) is 10.8. The van der Waals surface area contributed by atoms with E-state index >= 15 is 0 Å². The van der Waals surface area contributed by atoms with Crippen molar-refractivity contribution in [1.29, 1.82) is 0 Å². The first-order valence-corrected chi connectivity index (χ1v) is 6.77. The standard InChI is InChI=1S/C14H16ClN3O/c1-17-4-6-18(7-5-17)14(19)13-9-10-8-11(15)2-3-12(10)16-13/h2-3,8-9,16H,4-7H2,1H3/i1-1. The zero-order valence-corrected chi connectivity index (χ0v) is 11.6. The Labute approximate surface area is 116 Å². The van der Waals surface area contributed by atoms with Crippen molar-refractivity contribution in [2.24, 2.45) is 0 Å². The fourth-order valence-corrected chi connectivity index (χ4v) is 2.58. The Morgan fingerprint density at radius 3 is 2.68 bits per heavy atom. The molecule has 19 heavy (non-hydrogen) atoms. The van der Waals surface area contributed by atoms with Gasteiger partial charge in [-0.05, 0) is 31.3 Å². The van der Waals surface area contributed by atoms with Gasteiger partial charge in [-0.2, -0.15) is 0 Å². The van der Waals surface area contributed by atoms with Gasteiger partial charge in [-0.15, -0.1) is 0 Å². The average molecular weight is 277 g/mol. The lowest BCUT2D eigenvalue weighted by Crippen LogP contribution is -2.47. The molecular weight excluding hydrogens is 261 g/mol. The van der Waals surface area contributed by atoms with Crippen LogP contribution in [0.25, 0.3) is 10.9 Å². The summed E-state index contributed by atoms with van der Waals surface area (Å²) >= 11 is 5.96. The Bertz CT molecular complexity index is 614. The molecule has 1 saturated heterocycles. The van der Waals surface area contributed by atoms with E-state index in [0.717, 1.165) is 37.1 Å². The minimum Gasteiger partial charge on any atom is -0.351 e. The van der Waals surface area contributed by atoms with Crippen molar-refractivity contribution in [1.82, 2.24) is 14.8 Å². The van der Waals surface area contributed by atoms with Gasteiger partial charge in [0.1, 0.15) is 5.69 Å². The van der Waals surface area contributed by atoms with Crippen molar-refractivity contribution in [2.45, 2.75) is 0 Å². The third-order valence-corrected chi connectivity index (χ3v) is 3.84. The van der Waals surface area contributed by atoms with Gasteiger partial charge in [-0.1, -0.05) is 11.6 Å². The number of likely N-dealkylation sites (N-methyl/N-ethyl adjacent to an activating group) is 1. The maximum atomic E-state index is 12.4. The second-order valence-electron chi connectivity index (χ2n) is 5.01. The second-order valence-corrected chi connectivity index (χ2v) is 5.45. The van der Waals surface area contributed by atoms with Crippen LogP contribution in [0.15, 0.2) is 24.3 Å². The summed E-state index contributed by atoms with van der Waals surface area (Å²) in [6, 6.07) is 7.47. The topological polar surface area (TPSA) is 39.3 Å². The quantitative estimate of drug-likeness (QED) is 0.867. The smallest absolute Gasteiger partial charge is 0.270 e. The van der Waals surface area contributed by atoms with Crippen molar-refractivity contribution in [3.8, 4) is 0 Å². The van der Waals surface area contributed by atoms with Gasteiger partial charge in [-0.3, -0.25) is 4.79 Å². The van der Waals surface area contributed by atoms with Gasteiger partial charge < -0.3 is 14.8 Å². The molecular formula is C14H16ClN3O. The Morgan fingerprint density at radius 1 is 1.21 bits per heavy atom. The van der Waals surface area contributed by atoms with E-state index in [2.05, 4.69) is 16.9 Å². The van der Waals surface area contributed by atoms with Crippen LogP contribution < -0.4 is 0 Å². The van der Waals surface area contributed by atoms with Crippen LogP contribution in [-0.4, -0.2) is 53.9 Å². The predicted molar refractivity (Wildman–Crippen MR) is 76.7 cm³/mol. The van der Waals surface area contributed by atoms with Gasteiger partial charge in [0.05, 0.1) is 0 Å². The molecule has 0 unspecified atom stereocenters. The third kappa shape index (κ3) is 2.46. The molecule has 2 heterocycles. The normalized spacial score (nSPS) is 17.1. The highest BCUT2D eigenvalue weighted by molar-refractivity contribution is 6.31. The van der Waals surface area contributed by atoms with E-state index in [1.807, 2.05) is 29.2 Å². The summed E-state index contributed by atoms with van der Waals surface area (Å²) in [6.45, 7) is 3.42. The molecule has 0 saturated carbocycles. The summed E-state index contributed by atoms with van der Waals surface area (Å²) in [5, 5.41) is 1.66. The number of hydrogen-bond acceptors (Lipinski definition) is 2. The van der Waals surface area contributed by atoms with Gasteiger partial charge in [0.25, 0.3) is 5.91 Å². The molecule has 5 heteroatoms. The molecule has 1 fully saturated rings. The van der Waals surface area contributed by atoms with Crippen LogP contribution in [0.4, 0.5) is 0 Å². The summed E-state index contributed by atoms with van der Waals surface area (Å²) in [6.07, 6.45) is 0. The lowest BCUT2D eigenvalue weighted by molar-refractivity contribution is 0.0659. The zero-order chi connectivity index (χ0) is 13.4. The van der Waals surface area contributed by atoms with Crippen molar-refractivity contribution >= 4 is 28.4 Å². The molecule has 3 rings (SSSR count). The van der Waals surface area contributed by atoms with Gasteiger partial charge in [0, 0.05) is 42.1 Å². The molecule has 0 atom stereocenters. The summed E-state index contributed by atoms with van der Waals surface area (Å²) in [5.74, 6) is 0.0698. The van der Waals surface area contributed by atoms with Gasteiger partial charge >= 0.3 is 0 Å². The molecule has 2 aromatic rings. The third-order valence-electron chi connectivity index (χ3n) is 3.60. The average Bonchev–Trinajstić information content (AvgIpc) is 2.81. The van der Waals surface area contributed by atoms with E-state index in [9.17, 15) is 4.79 Å². The number of rotatable bonds is 1. The molecule has 1 amide bonds. The van der Waals surface area contributed by atoms with E-state index in [4.69, 9.17) is 11.6 Å². The number of hydrogen-bond donors (Lipinski definition) is 1. The molecule has 0 bridgehead atoms. The number of aromatic nitrogens is 1. The first-order valence-electron chi connectivity index (χ1n) is 6.39. The number of aromatic amines is 1. The number of nitrogens with one attached hydrogen (secondary N) is 1. The SMILES string of the molecule is [11CH3]N1CCN(C(=O)c2cc3cc(Cl)ccc3[nH]2)CC1. The Morgan fingerprint density at radius 2 is 1.95 bits per heavy atom. The van der Waals surface area contributed by atoms with E-state index in [1.54, 1.807) is 0 Å². The van der Waals surface area contributed by atoms with E-state index in [0.29, 0.717) is 10.7 Å². The molecule has 4 nitrogen and oxygen atoms in total. The van der Waals surface area contributed by atoms with Crippen molar-refractivity contribution < 1.29 is 4.79 Å². The first-order chi connectivity index (χ1) is 9.13. The van der Waals surface area contributed by atoms with Crippen molar-refractivity contribution in [3.05, 3.63) is 35.0 Å². The predicted octanol–water partition coefficient (Wildman–Crippen LogP) is 2.21. The summed E-state index contributed by atoms with van der Waals surface area (Å²) in [5.41, 5.74) is 1.59. The van der Waals surface area contributed by atoms with Gasteiger partial charge in [0.15, 0.2) is 0 Å². The largest absolute Gasteiger partial charge is 0.351 e. The van der Waals surface area contributed by atoms with Gasteiger partial charge in [-0.25, -0.2) is 0 Å². The molecule has 1 aromatic heterocycles. The van der Waals surface area contributed by atoms with Gasteiger partial charge in [0.2, 0.25) is 0 Å². The lowest BCUT2D eigenvalue weighted by atomic mass is 10.2. The molecule has 1 aliphatic rings. The maximum absolute atomic E-state index is 12.4. The fraction of sp³-hybridized carbons (Fsp3) is 0.357. The highest BCUT2D eigenvalue weighted by Crippen LogP contribution is 2.21. The maximum Gasteiger partial charge on any atom is 0.270 e. The van der Waals surface area contributed by atoms with Crippen LogP contribution >= 0.6 is 11.6 Å². The lowest BCUT2D eigenvalue weighted by Gasteiger charge is -2.32. The van der Waals surface area contributed by atoms with E-state index in [-0.39, 0.29) is 5.91 Å². The van der Waals surface area contributed by atoms with E-state index < -0.39 is 0 Å². The molecule has 1 aliphatic heterocycles. The highest BCUT2D eigenvalue weighted by Gasteiger charge is 2.21. The summed E-state index contributed by atoms with van der Waals surface area (Å²) in [7, 11) is 2.08. The fourth-order valence-electron chi connectivity index (χ4n) is 2.40. The number of carbonyl (C=O) groups excluding carboxylic acids is 1. The Kier molecular flexibility index (Phi) is 3.21.